The molecule has 2 aromatic rings. The van der Waals surface area contributed by atoms with Crippen molar-refractivity contribution in [2.45, 2.75) is 95.6 Å². The molecule has 1 fully saturated rings. The van der Waals surface area contributed by atoms with E-state index in [-0.39, 0.29) is 34.4 Å². The Morgan fingerprint density at radius 1 is 1.10 bits per heavy atom. The van der Waals surface area contributed by atoms with Crippen LogP contribution in [0.4, 0.5) is 10.7 Å². The Bertz CT molecular complexity index is 1190. The van der Waals surface area contributed by atoms with Gasteiger partial charge in [-0.3, -0.25) is 9.59 Å². The van der Waals surface area contributed by atoms with Crippen molar-refractivity contribution in [2.75, 3.05) is 17.7 Å². The predicted molar refractivity (Wildman–Crippen MR) is 161 cm³/mol. The van der Waals surface area contributed by atoms with Crippen LogP contribution in [0.5, 0.6) is 0 Å². The molecule has 1 aromatic heterocycles. The molecule has 8 heteroatoms. The Morgan fingerprint density at radius 3 is 2.51 bits per heavy atom. The van der Waals surface area contributed by atoms with Crippen LogP contribution in [0.15, 0.2) is 29.2 Å². The molecular weight excluding hydrogens is 528 g/mol. The van der Waals surface area contributed by atoms with Gasteiger partial charge in [0, 0.05) is 21.4 Å². The van der Waals surface area contributed by atoms with E-state index in [2.05, 4.69) is 31.4 Å². The minimum atomic E-state index is -0.390. The molecule has 39 heavy (non-hydrogen) atoms. The van der Waals surface area contributed by atoms with Gasteiger partial charge in [0.25, 0.3) is 0 Å². The van der Waals surface area contributed by atoms with Gasteiger partial charge in [-0.1, -0.05) is 53.0 Å². The molecule has 0 saturated heterocycles. The van der Waals surface area contributed by atoms with Gasteiger partial charge < -0.3 is 15.4 Å². The number of methoxy groups -OCH3 is 1. The average molecular weight is 571 g/mol. The molecule has 0 aliphatic heterocycles. The van der Waals surface area contributed by atoms with E-state index in [4.69, 9.17) is 4.74 Å². The zero-order valence-electron chi connectivity index (χ0n) is 23.9. The molecule has 2 atom stereocenters. The first kappa shape index (κ1) is 29.7. The summed E-state index contributed by atoms with van der Waals surface area (Å²) in [5.74, 6) is 0.188. The molecule has 2 amide bonds. The van der Waals surface area contributed by atoms with E-state index < -0.39 is 0 Å². The fourth-order valence-corrected chi connectivity index (χ4v) is 8.00. The largest absolute Gasteiger partial charge is 0.465 e. The van der Waals surface area contributed by atoms with E-state index in [1.807, 2.05) is 31.2 Å². The summed E-state index contributed by atoms with van der Waals surface area (Å²) >= 11 is 3.00. The number of thioether (sulfide) groups is 1. The minimum Gasteiger partial charge on any atom is -0.465 e. The van der Waals surface area contributed by atoms with Crippen LogP contribution in [0.1, 0.15) is 93.4 Å². The highest BCUT2D eigenvalue weighted by atomic mass is 32.2. The van der Waals surface area contributed by atoms with Gasteiger partial charge in [-0.25, -0.2) is 4.79 Å². The van der Waals surface area contributed by atoms with Crippen molar-refractivity contribution in [3.05, 3.63) is 40.3 Å². The molecule has 1 heterocycles. The first-order chi connectivity index (χ1) is 18.6. The van der Waals surface area contributed by atoms with Crippen molar-refractivity contribution in [2.24, 2.45) is 17.3 Å². The lowest BCUT2D eigenvalue weighted by Crippen LogP contribution is -2.27. The third kappa shape index (κ3) is 7.26. The number of anilines is 2. The number of thiophene rings is 1. The summed E-state index contributed by atoms with van der Waals surface area (Å²) in [5, 5.41) is 6.41. The Balaban J connectivity index is 1.47. The van der Waals surface area contributed by atoms with E-state index in [9.17, 15) is 14.4 Å². The van der Waals surface area contributed by atoms with E-state index in [0.717, 1.165) is 61.1 Å². The van der Waals surface area contributed by atoms with Crippen LogP contribution in [-0.2, 0) is 27.2 Å². The zero-order valence-corrected chi connectivity index (χ0v) is 25.5. The molecule has 0 radical (unpaired) electrons. The summed E-state index contributed by atoms with van der Waals surface area (Å²) in [6.45, 7) is 8.78. The molecule has 0 bridgehead atoms. The van der Waals surface area contributed by atoms with Crippen molar-refractivity contribution >= 4 is 51.6 Å². The number of nitrogens with one attached hydrogen (secondary N) is 2. The fraction of sp³-hybridized carbons (Fsp3) is 0.581. The third-order valence-electron chi connectivity index (χ3n) is 8.14. The maximum Gasteiger partial charge on any atom is 0.341 e. The highest BCUT2D eigenvalue weighted by Gasteiger charge is 2.35. The van der Waals surface area contributed by atoms with E-state index in [0.29, 0.717) is 22.9 Å². The lowest BCUT2D eigenvalue weighted by Gasteiger charge is -2.33. The Hall–Kier alpha value is -2.32. The maximum atomic E-state index is 13.5. The number of hydrogen-bond donors (Lipinski definition) is 2. The predicted octanol–water partition coefficient (Wildman–Crippen LogP) is 7.71. The molecule has 6 nitrogen and oxygen atoms in total. The highest BCUT2D eigenvalue weighted by molar-refractivity contribution is 8.00. The van der Waals surface area contributed by atoms with E-state index in [1.54, 1.807) is 0 Å². The molecule has 4 rings (SSSR count). The molecule has 1 saturated carbocycles. The number of amides is 2. The van der Waals surface area contributed by atoms with Crippen LogP contribution in [0.2, 0.25) is 0 Å². The number of carbonyl (C=O) groups is 3. The van der Waals surface area contributed by atoms with Gasteiger partial charge in [0.15, 0.2) is 0 Å². The summed E-state index contributed by atoms with van der Waals surface area (Å²) in [4.78, 5) is 41.1. The van der Waals surface area contributed by atoms with Gasteiger partial charge in [-0.2, -0.15) is 0 Å². The first-order valence-electron chi connectivity index (χ1n) is 14.2. The van der Waals surface area contributed by atoms with Gasteiger partial charge in [0.2, 0.25) is 11.8 Å². The maximum absolute atomic E-state index is 13.5. The highest BCUT2D eigenvalue weighted by Crippen LogP contribution is 2.44. The van der Waals surface area contributed by atoms with Crippen LogP contribution in [0, 0.1) is 17.3 Å². The van der Waals surface area contributed by atoms with Crippen LogP contribution < -0.4 is 10.6 Å². The van der Waals surface area contributed by atoms with E-state index >= 15 is 0 Å². The first-order valence-corrected chi connectivity index (χ1v) is 15.9. The van der Waals surface area contributed by atoms with Crippen LogP contribution in [-0.4, -0.2) is 30.1 Å². The third-order valence-corrected chi connectivity index (χ3v) is 10.7. The summed E-state index contributed by atoms with van der Waals surface area (Å²) in [6.07, 6.45) is 8.72. The van der Waals surface area contributed by atoms with Gasteiger partial charge in [0.1, 0.15) is 5.00 Å². The van der Waals surface area contributed by atoms with Crippen molar-refractivity contribution in [3.8, 4) is 0 Å². The standard InChI is InChI=1S/C31H42N2O4S2/c1-6-24(38-22-14-10-13-21(18-22)32-27(34)19-11-8-7-9-12-19)28(35)33-29-26(30(36)37-5)23-16-15-20(31(2,3)4)17-25(23)39-29/h10,13-14,18-20,24H,6-9,11-12,15-17H2,1-5H3,(H,32,34)(H,33,35). The van der Waals surface area contributed by atoms with Crippen molar-refractivity contribution < 1.29 is 19.1 Å². The zero-order chi connectivity index (χ0) is 28.2. The molecule has 2 aliphatic rings. The van der Waals surface area contributed by atoms with E-state index in [1.165, 1.54) is 41.5 Å². The molecule has 2 unspecified atom stereocenters. The van der Waals surface area contributed by atoms with Crippen LogP contribution in [0.25, 0.3) is 0 Å². The van der Waals surface area contributed by atoms with Crippen LogP contribution >= 0.6 is 23.1 Å². The van der Waals surface area contributed by atoms with Gasteiger partial charge in [-0.15, -0.1) is 23.1 Å². The molecule has 2 N–H and O–H groups in total. The second-order valence-electron chi connectivity index (χ2n) is 11.9. The quantitative estimate of drug-likeness (QED) is 0.251. The molecule has 2 aliphatic carbocycles. The number of fused-ring (bicyclic) bond motifs is 1. The Kier molecular flexibility index (Phi) is 9.81. The lowest BCUT2D eigenvalue weighted by molar-refractivity contribution is -0.120. The molecule has 0 spiro atoms. The number of hydrogen-bond acceptors (Lipinski definition) is 6. The second-order valence-corrected chi connectivity index (χ2v) is 14.2. The summed E-state index contributed by atoms with van der Waals surface area (Å²) < 4.78 is 5.12. The van der Waals surface area contributed by atoms with Gasteiger partial charge in [-0.05, 0) is 73.6 Å². The number of esters is 1. The molecule has 212 valence electrons. The van der Waals surface area contributed by atoms with Gasteiger partial charge in [0.05, 0.1) is 17.9 Å². The number of ether oxygens (including phenoxy) is 1. The number of benzene rings is 1. The average Bonchev–Trinajstić information content (AvgIpc) is 3.28. The topological polar surface area (TPSA) is 84.5 Å². The molecular formula is C31H42N2O4S2. The normalized spacial score (nSPS) is 18.6. The SMILES string of the molecule is CCC(Sc1cccc(NC(=O)C2CCCCC2)c1)C(=O)Nc1sc2c(c1C(=O)OC)CCC(C(C)(C)C)C2. The number of carbonyl (C=O) groups excluding carboxylic acids is 3. The van der Waals surface area contributed by atoms with Crippen molar-refractivity contribution in [1.82, 2.24) is 0 Å². The summed E-state index contributed by atoms with van der Waals surface area (Å²) in [5.41, 5.74) is 2.50. The Labute approximate surface area is 241 Å². The summed E-state index contributed by atoms with van der Waals surface area (Å²) in [7, 11) is 1.39. The van der Waals surface area contributed by atoms with Gasteiger partial charge >= 0.3 is 5.97 Å². The summed E-state index contributed by atoms with van der Waals surface area (Å²) in [6, 6.07) is 7.72. The lowest BCUT2D eigenvalue weighted by atomic mass is 9.72. The van der Waals surface area contributed by atoms with Crippen molar-refractivity contribution in [1.29, 1.82) is 0 Å². The molecule has 1 aromatic carbocycles. The second kappa shape index (κ2) is 12.9. The van der Waals surface area contributed by atoms with Crippen LogP contribution in [0.3, 0.4) is 0 Å². The minimum absolute atomic E-state index is 0.0866. The number of rotatable bonds is 8. The fourth-order valence-electron chi connectivity index (χ4n) is 5.67. The smallest absolute Gasteiger partial charge is 0.341 e. The Morgan fingerprint density at radius 2 is 1.85 bits per heavy atom. The van der Waals surface area contributed by atoms with Crippen molar-refractivity contribution in [3.63, 3.8) is 0 Å². The monoisotopic (exact) mass is 570 g/mol.